The molecule has 0 heterocycles. The van der Waals surface area contributed by atoms with Crippen LogP contribution in [0, 0.1) is 0 Å². The lowest BCUT2D eigenvalue weighted by Crippen LogP contribution is -2.40. The van der Waals surface area contributed by atoms with Crippen LogP contribution in [0.3, 0.4) is 0 Å². The molecule has 0 saturated heterocycles. The first-order chi connectivity index (χ1) is 12.6. The summed E-state index contributed by atoms with van der Waals surface area (Å²) in [4.78, 5) is 26.5. The number of nitrogens with zero attached hydrogens (tertiary/aromatic N) is 1. The molecule has 1 amide bonds. The Morgan fingerprint density at radius 2 is 1.78 bits per heavy atom. The van der Waals surface area contributed by atoms with E-state index in [0.717, 1.165) is 12.3 Å². The molecule has 0 radical (unpaired) electrons. The van der Waals surface area contributed by atoms with Gasteiger partial charge in [-0.15, -0.1) is 0 Å². The Bertz CT molecular complexity index is 944. The van der Waals surface area contributed by atoms with Crippen LogP contribution in [0.1, 0.15) is 24.2 Å². The number of benzene rings is 2. The van der Waals surface area contributed by atoms with Crippen molar-refractivity contribution in [3.05, 3.63) is 59.1 Å². The van der Waals surface area contributed by atoms with Gasteiger partial charge in [0.2, 0.25) is 0 Å². The van der Waals surface area contributed by atoms with Crippen LogP contribution in [-0.4, -0.2) is 39.2 Å². The Labute approximate surface area is 163 Å². The normalized spacial score (nSPS) is 12.3. The third kappa shape index (κ3) is 5.08. The maximum atomic E-state index is 12.7. The quantitative estimate of drug-likeness (QED) is 0.683. The number of likely N-dealkylation sites (N-methyl/N-ethyl adjacent to an activating group) is 1. The maximum absolute atomic E-state index is 12.7. The lowest BCUT2D eigenvalue weighted by atomic mass is 10.2. The number of halogens is 1. The summed E-state index contributed by atoms with van der Waals surface area (Å²) in [7, 11) is -3.52. The van der Waals surface area contributed by atoms with Crippen LogP contribution in [0.5, 0.6) is 0 Å². The second-order valence-electron chi connectivity index (χ2n) is 5.88. The summed E-state index contributed by atoms with van der Waals surface area (Å²) in [6.07, 6.45) is -0.0492. The molecule has 8 heteroatoms. The highest BCUT2D eigenvalue weighted by molar-refractivity contribution is 7.90. The van der Waals surface area contributed by atoms with E-state index in [9.17, 15) is 18.0 Å². The van der Waals surface area contributed by atoms with E-state index in [1.807, 2.05) is 13.0 Å². The van der Waals surface area contributed by atoms with Crippen LogP contribution < -0.4 is 4.90 Å². The van der Waals surface area contributed by atoms with Crippen LogP contribution in [0.2, 0.25) is 5.02 Å². The molecule has 0 bridgehead atoms. The first kappa shape index (κ1) is 20.9. The molecule has 0 aliphatic heterocycles. The number of hydrogen-bond acceptors (Lipinski definition) is 5. The van der Waals surface area contributed by atoms with Gasteiger partial charge in [0.25, 0.3) is 5.91 Å². The molecule has 27 heavy (non-hydrogen) atoms. The fourth-order valence-electron chi connectivity index (χ4n) is 2.46. The molecule has 144 valence electrons. The van der Waals surface area contributed by atoms with Gasteiger partial charge in [0.1, 0.15) is 0 Å². The maximum Gasteiger partial charge on any atom is 0.340 e. The number of carbonyl (C=O) groups is 2. The van der Waals surface area contributed by atoms with Crippen molar-refractivity contribution in [2.24, 2.45) is 0 Å². The fourth-order valence-corrected chi connectivity index (χ4v) is 3.30. The second kappa shape index (κ2) is 8.54. The van der Waals surface area contributed by atoms with Gasteiger partial charge >= 0.3 is 5.97 Å². The van der Waals surface area contributed by atoms with Crippen LogP contribution in [0.25, 0.3) is 0 Å². The molecular formula is C19H20ClNO5S. The highest BCUT2D eigenvalue weighted by atomic mass is 35.5. The number of hydrogen-bond donors (Lipinski definition) is 0. The number of para-hydroxylation sites is 1. The first-order valence-electron chi connectivity index (χ1n) is 8.22. The lowest BCUT2D eigenvalue weighted by Gasteiger charge is -2.24. The predicted octanol–water partition coefficient (Wildman–Crippen LogP) is 3.34. The van der Waals surface area contributed by atoms with E-state index in [4.69, 9.17) is 16.3 Å². The number of amides is 1. The lowest BCUT2D eigenvalue weighted by molar-refractivity contribution is -0.126. The smallest absolute Gasteiger partial charge is 0.340 e. The standard InChI is InChI=1S/C19H20ClNO5S/c1-4-21(14-8-6-5-7-9-14)18(22)13(2)26-19(23)16-12-15(27(3,24)25)10-11-17(16)20/h5-13H,4H2,1-3H3/t13-/m0/s1. The van der Waals surface area contributed by atoms with E-state index >= 15 is 0 Å². The Morgan fingerprint density at radius 1 is 1.15 bits per heavy atom. The average Bonchev–Trinajstić information content (AvgIpc) is 2.62. The van der Waals surface area contributed by atoms with Gasteiger partial charge in [-0.3, -0.25) is 4.79 Å². The van der Waals surface area contributed by atoms with Gasteiger partial charge in [0.15, 0.2) is 15.9 Å². The van der Waals surface area contributed by atoms with E-state index in [2.05, 4.69) is 0 Å². The largest absolute Gasteiger partial charge is 0.449 e. The highest BCUT2D eigenvalue weighted by Crippen LogP contribution is 2.22. The van der Waals surface area contributed by atoms with E-state index in [-0.39, 0.29) is 15.5 Å². The zero-order valence-electron chi connectivity index (χ0n) is 15.2. The Hall–Kier alpha value is -2.38. The molecule has 0 aliphatic carbocycles. The van der Waals surface area contributed by atoms with E-state index < -0.39 is 27.8 Å². The third-order valence-electron chi connectivity index (χ3n) is 3.87. The predicted molar refractivity (Wildman–Crippen MR) is 104 cm³/mol. The van der Waals surface area contributed by atoms with Crippen molar-refractivity contribution in [3.63, 3.8) is 0 Å². The summed E-state index contributed by atoms with van der Waals surface area (Å²) in [5, 5.41) is 0.0439. The van der Waals surface area contributed by atoms with Crippen molar-refractivity contribution in [2.75, 3.05) is 17.7 Å². The molecule has 0 unspecified atom stereocenters. The number of carbonyl (C=O) groups excluding carboxylic acids is 2. The number of rotatable bonds is 6. The molecule has 0 N–H and O–H groups in total. The minimum absolute atomic E-state index is 0.0439. The topological polar surface area (TPSA) is 80.8 Å². The average molecular weight is 410 g/mol. The second-order valence-corrected chi connectivity index (χ2v) is 8.30. The molecule has 2 rings (SSSR count). The molecular weight excluding hydrogens is 390 g/mol. The van der Waals surface area contributed by atoms with E-state index in [1.165, 1.54) is 24.0 Å². The van der Waals surface area contributed by atoms with Crippen molar-refractivity contribution in [2.45, 2.75) is 24.8 Å². The fraction of sp³-hybridized carbons (Fsp3) is 0.263. The van der Waals surface area contributed by atoms with Crippen molar-refractivity contribution < 1.29 is 22.7 Å². The molecule has 0 saturated carbocycles. The minimum atomic E-state index is -3.52. The summed E-state index contributed by atoms with van der Waals surface area (Å²) in [5.41, 5.74) is 0.576. The molecule has 0 fully saturated rings. The zero-order chi connectivity index (χ0) is 20.2. The summed E-state index contributed by atoms with van der Waals surface area (Å²) in [5.74, 6) is -1.26. The summed E-state index contributed by atoms with van der Waals surface area (Å²) in [6.45, 7) is 3.67. The summed E-state index contributed by atoms with van der Waals surface area (Å²) < 4.78 is 28.6. The molecule has 2 aromatic carbocycles. The number of sulfone groups is 1. The van der Waals surface area contributed by atoms with E-state index in [0.29, 0.717) is 12.2 Å². The Morgan fingerprint density at radius 3 is 2.33 bits per heavy atom. The zero-order valence-corrected chi connectivity index (χ0v) is 16.8. The molecule has 1 atom stereocenters. The van der Waals surface area contributed by atoms with Crippen LogP contribution in [-0.2, 0) is 19.4 Å². The van der Waals surface area contributed by atoms with Crippen LogP contribution in [0.15, 0.2) is 53.4 Å². The van der Waals surface area contributed by atoms with Crippen molar-refractivity contribution in [1.82, 2.24) is 0 Å². The third-order valence-corrected chi connectivity index (χ3v) is 5.31. The van der Waals surface area contributed by atoms with Gasteiger partial charge < -0.3 is 9.64 Å². The van der Waals surface area contributed by atoms with Gasteiger partial charge in [0.05, 0.1) is 15.5 Å². The summed E-state index contributed by atoms with van der Waals surface area (Å²) >= 11 is 6.00. The van der Waals surface area contributed by atoms with Gasteiger partial charge in [-0.1, -0.05) is 29.8 Å². The van der Waals surface area contributed by atoms with Gasteiger partial charge in [-0.05, 0) is 44.2 Å². The monoisotopic (exact) mass is 409 g/mol. The molecule has 2 aromatic rings. The number of anilines is 1. The Balaban J connectivity index is 2.21. The minimum Gasteiger partial charge on any atom is -0.449 e. The molecule has 0 aliphatic rings. The van der Waals surface area contributed by atoms with Crippen molar-refractivity contribution in [3.8, 4) is 0 Å². The highest BCUT2D eigenvalue weighted by Gasteiger charge is 2.26. The number of ether oxygens (including phenoxy) is 1. The van der Waals surface area contributed by atoms with Crippen LogP contribution in [0.4, 0.5) is 5.69 Å². The number of esters is 1. The van der Waals surface area contributed by atoms with Crippen LogP contribution >= 0.6 is 11.6 Å². The van der Waals surface area contributed by atoms with Gasteiger partial charge in [-0.2, -0.15) is 0 Å². The van der Waals surface area contributed by atoms with Gasteiger partial charge in [-0.25, -0.2) is 13.2 Å². The first-order valence-corrected chi connectivity index (χ1v) is 10.5. The van der Waals surface area contributed by atoms with Crippen molar-refractivity contribution in [1.29, 1.82) is 0 Å². The molecule has 0 aromatic heterocycles. The molecule has 6 nitrogen and oxygen atoms in total. The summed E-state index contributed by atoms with van der Waals surface area (Å²) in [6, 6.07) is 12.8. The van der Waals surface area contributed by atoms with E-state index in [1.54, 1.807) is 24.3 Å². The van der Waals surface area contributed by atoms with Gasteiger partial charge in [0, 0.05) is 18.5 Å². The molecule has 0 spiro atoms. The Kier molecular flexibility index (Phi) is 6.62. The van der Waals surface area contributed by atoms with Crippen molar-refractivity contribution >= 4 is 39.0 Å². The SMILES string of the molecule is CCN(C(=O)[C@H](C)OC(=O)c1cc(S(C)(=O)=O)ccc1Cl)c1ccccc1.